The van der Waals surface area contributed by atoms with Crippen LogP contribution in [0.15, 0.2) is 36.5 Å². The number of nitrogen functional groups attached to an aromatic ring is 1. The molecule has 0 atom stereocenters. The molecule has 0 saturated carbocycles. The highest BCUT2D eigenvalue weighted by Gasteiger charge is 2.21. The van der Waals surface area contributed by atoms with E-state index in [1.54, 1.807) is 0 Å². The summed E-state index contributed by atoms with van der Waals surface area (Å²) >= 11 is 0. The Morgan fingerprint density at radius 1 is 1.10 bits per heavy atom. The Morgan fingerprint density at radius 2 is 1.83 bits per heavy atom. The van der Waals surface area contributed by atoms with Gasteiger partial charge in [-0.25, -0.2) is 9.97 Å². The Hall–Kier alpha value is -2.42. The molecule has 2 aromatic heterocycles. The summed E-state index contributed by atoms with van der Waals surface area (Å²) in [4.78, 5) is 11.9. The number of morpholine rings is 1. The highest BCUT2D eigenvalue weighted by Crippen LogP contribution is 2.30. The summed E-state index contributed by atoms with van der Waals surface area (Å²) < 4.78 is 13.8. The minimum Gasteiger partial charge on any atom is -0.399 e. The molecule has 3 aromatic rings. The van der Waals surface area contributed by atoms with Gasteiger partial charge < -0.3 is 20.1 Å². The molecule has 0 unspecified atom stereocenters. The molecule has 3 heterocycles. The van der Waals surface area contributed by atoms with E-state index in [1.807, 2.05) is 36.5 Å². The largest absolute Gasteiger partial charge is 0.399 e. The average molecular weight is 426 g/mol. The summed E-state index contributed by atoms with van der Waals surface area (Å²) in [6.45, 7) is 11.4. The smallest absolute Gasteiger partial charge is 0.156 e. The van der Waals surface area contributed by atoms with Gasteiger partial charge in [-0.3, -0.25) is 4.57 Å². The molecule has 4 rings (SSSR count). The van der Waals surface area contributed by atoms with Gasteiger partial charge in [-0.15, -0.1) is 0 Å². The topological polar surface area (TPSA) is 78.4 Å². The van der Waals surface area contributed by atoms with Crippen molar-refractivity contribution in [1.82, 2.24) is 14.5 Å². The summed E-state index contributed by atoms with van der Waals surface area (Å²) in [7, 11) is -1.14. The molecular formula is C22H31N5O2Si. The second-order valence-electron chi connectivity index (χ2n) is 8.94. The van der Waals surface area contributed by atoms with E-state index in [1.165, 1.54) is 0 Å². The molecule has 0 spiro atoms. The van der Waals surface area contributed by atoms with Crippen LogP contribution in [-0.2, 0) is 16.2 Å². The van der Waals surface area contributed by atoms with Gasteiger partial charge in [0.15, 0.2) is 5.82 Å². The zero-order chi connectivity index (χ0) is 21.1. The van der Waals surface area contributed by atoms with Crippen molar-refractivity contribution in [2.45, 2.75) is 32.4 Å². The lowest BCUT2D eigenvalue weighted by Gasteiger charge is -2.27. The van der Waals surface area contributed by atoms with E-state index >= 15 is 0 Å². The molecule has 160 valence electrons. The second kappa shape index (κ2) is 8.75. The highest BCUT2D eigenvalue weighted by atomic mass is 28.3. The number of hydrogen-bond donors (Lipinski definition) is 1. The minimum absolute atomic E-state index is 0.466. The molecule has 0 aliphatic carbocycles. The molecule has 1 fully saturated rings. The maximum absolute atomic E-state index is 6.11. The Balaban J connectivity index is 1.72. The summed E-state index contributed by atoms with van der Waals surface area (Å²) in [5.74, 6) is 1.79. The Kier molecular flexibility index (Phi) is 6.08. The fourth-order valence-electron chi connectivity index (χ4n) is 3.56. The van der Waals surface area contributed by atoms with E-state index in [4.69, 9.17) is 20.2 Å². The number of ether oxygens (including phenoxy) is 2. The zero-order valence-corrected chi connectivity index (χ0v) is 19.1. The summed E-state index contributed by atoms with van der Waals surface area (Å²) in [6.07, 6.45) is 1.86. The molecule has 0 radical (unpaired) electrons. The number of benzene rings is 1. The van der Waals surface area contributed by atoms with Crippen molar-refractivity contribution in [3.05, 3.63) is 36.5 Å². The first-order chi connectivity index (χ1) is 14.4. The number of fused-ring (bicyclic) bond motifs is 1. The fourth-order valence-corrected chi connectivity index (χ4v) is 4.32. The highest BCUT2D eigenvalue weighted by molar-refractivity contribution is 6.76. The standard InChI is InChI=1S/C22H31N5O2Si/c1-30(2,3)15-14-29-16-27-19-8-9-24-22(26-10-12-28-13-11-26)20(19)25-21(27)17-4-6-18(23)7-5-17/h4-9H,10-16,23H2,1-3H3. The number of nitrogens with zero attached hydrogens (tertiary/aromatic N) is 4. The van der Waals surface area contributed by atoms with Gasteiger partial charge in [0.1, 0.15) is 18.1 Å². The lowest BCUT2D eigenvalue weighted by Crippen LogP contribution is -2.36. The van der Waals surface area contributed by atoms with Crippen molar-refractivity contribution in [3.63, 3.8) is 0 Å². The van der Waals surface area contributed by atoms with Crippen LogP contribution in [0.25, 0.3) is 22.4 Å². The molecule has 0 bridgehead atoms. The first-order valence-electron chi connectivity index (χ1n) is 10.5. The van der Waals surface area contributed by atoms with Crippen LogP contribution in [0, 0.1) is 0 Å². The number of imidazole rings is 1. The first-order valence-corrected chi connectivity index (χ1v) is 14.2. The van der Waals surface area contributed by atoms with E-state index in [-0.39, 0.29) is 0 Å². The lowest BCUT2D eigenvalue weighted by molar-refractivity contribution is 0.0909. The van der Waals surface area contributed by atoms with Crippen LogP contribution in [0.2, 0.25) is 25.7 Å². The second-order valence-corrected chi connectivity index (χ2v) is 14.6. The summed E-state index contributed by atoms with van der Waals surface area (Å²) in [6, 6.07) is 11.0. The van der Waals surface area contributed by atoms with Crippen molar-refractivity contribution in [2.24, 2.45) is 0 Å². The van der Waals surface area contributed by atoms with Crippen molar-refractivity contribution in [1.29, 1.82) is 0 Å². The third-order valence-electron chi connectivity index (χ3n) is 5.34. The van der Waals surface area contributed by atoms with Gasteiger partial charge in [0.25, 0.3) is 0 Å². The van der Waals surface area contributed by atoms with Crippen LogP contribution in [0.4, 0.5) is 11.5 Å². The molecule has 1 aliphatic rings. The van der Waals surface area contributed by atoms with E-state index in [2.05, 4.69) is 34.1 Å². The SMILES string of the molecule is C[Si](C)(C)CCOCn1c(-c2ccc(N)cc2)nc2c(N3CCOCC3)nccc21. The van der Waals surface area contributed by atoms with Crippen molar-refractivity contribution >= 4 is 30.6 Å². The number of rotatable bonds is 7. The van der Waals surface area contributed by atoms with Crippen LogP contribution in [0.5, 0.6) is 0 Å². The minimum atomic E-state index is -1.14. The Morgan fingerprint density at radius 3 is 2.53 bits per heavy atom. The van der Waals surface area contributed by atoms with Crippen LogP contribution < -0.4 is 10.6 Å². The van der Waals surface area contributed by atoms with Crippen molar-refractivity contribution in [2.75, 3.05) is 43.5 Å². The number of pyridine rings is 1. The molecule has 2 N–H and O–H groups in total. The third-order valence-corrected chi connectivity index (χ3v) is 7.05. The molecule has 0 amide bonds. The van der Waals surface area contributed by atoms with Gasteiger partial charge in [-0.1, -0.05) is 19.6 Å². The maximum atomic E-state index is 6.11. The van der Waals surface area contributed by atoms with Crippen molar-refractivity contribution < 1.29 is 9.47 Å². The Bertz CT molecular complexity index is 991. The molecule has 1 saturated heterocycles. The number of aromatic nitrogens is 3. The third kappa shape index (κ3) is 4.66. The zero-order valence-electron chi connectivity index (χ0n) is 18.1. The van der Waals surface area contributed by atoms with Gasteiger partial charge in [-0.2, -0.15) is 0 Å². The summed E-state index contributed by atoms with van der Waals surface area (Å²) in [5.41, 5.74) is 9.59. The predicted molar refractivity (Wildman–Crippen MR) is 125 cm³/mol. The number of hydrogen-bond acceptors (Lipinski definition) is 6. The fraction of sp³-hybridized carbons (Fsp3) is 0.455. The van der Waals surface area contributed by atoms with Gasteiger partial charge in [0.05, 0.1) is 18.7 Å². The molecule has 8 heteroatoms. The van der Waals surface area contributed by atoms with Gasteiger partial charge in [0, 0.05) is 45.2 Å². The first kappa shape index (κ1) is 20.8. The van der Waals surface area contributed by atoms with E-state index in [0.29, 0.717) is 19.9 Å². The van der Waals surface area contributed by atoms with Crippen LogP contribution >= 0.6 is 0 Å². The normalized spacial score (nSPS) is 15.1. The van der Waals surface area contributed by atoms with Crippen LogP contribution in [-0.4, -0.2) is 55.5 Å². The van der Waals surface area contributed by atoms with Gasteiger partial charge in [0.2, 0.25) is 0 Å². The Labute approximate surface area is 178 Å². The van der Waals surface area contributed by atoms with Gasteiger partial charge >= 0.3 is 0 Å². The quantitative estimate of drug-likeness (QED) is 0.352. The van der Waals surface area contributed by atoms with Crippen LogP contribution in [0.3, 0.4) is 0 Å². The van der Waals surface area contributed by atoms with E-state index in [0.717, 1.165) is 59.7 Å². The number of anilines is 2. The monoisotopic (exact) mass is 425 g/mol. The molecule has 1 aromatic carbocycles. The predicted octanol–water partition coefficient (Wildman–Crippen LogP) is 3.83. The molecule has 1 aliphatic heterocycles. The van der Waals surface area contributed by atoms with Gasteiger partial charge in [-0.05, 0) is 36.4 Å². The van der Waals surface area contributed by atoms with Crippen LogP contribution in [0.1, 0.15) is 0 Å². The van der Waals surface area contributed by atoms with Crippen molar-refractivity contribution in [3.8, 4) is 11.4 Å². The molecule has 7 nitrogen and oxygen atoms in total. The molecular weight excluding hydrogens is 394 g/mol. The lowest BCUT2D eigenvalue weighted by atomic mass is 10.2. The maximum Gasteiger partial charge on any atom is 0.156 e. The number of nitrogens with two attached hydrogens (primary N) is 1. The average Bonchev–Trinajstić information content (AvgIpc) is 3.10. The van der Waals surface area contributed by atoms with E-state index < -0.39 is 8.07 Å². The summed E-state index contributed by atoms with van der Waals surface area (Å²) in [5, 5.41) is 0. The molecule has 30 heavy (non-hydrogen) atoms. The van der Waals surface area contributed by atoms with E-state index in [9.17, 15) is 0 Å².